The Hall–Kier alpha value is -2.61. The maximum Gasteiger partial charge on any atom is 0.313 e. The number of nitrogens with one attached hydrogen (secondary N) is 2. The zero-order chi connectivity index (χ0) is 22.4. The first-order valence-corrected chi connectivity index (χ1v) is 10.7. The van der Waals surface area contributed by atoms with E-state index in [1.165, 1.54) is 0 Å². The first kappa shape index (κ1) is 23.1. The molecule has 0 radical (unpaired) electrons. The SMILES string of the molecule is Cc1ccc(Cl)cc1NC(=O)C(=O)NCC(c1ccc(N(C)C)cc1)N1CCOCC1. The lowest BCUT2D eigenvalue weighted by Crippen LogP contribution is -2.45. The van der Waals surface area contributed by atoms with Crippen molar-refractivity contribution >= 4 is 34.8 Å². The predicted molar refractivity (Wildman–Crippen MR) is 124 cm³/mol. The van der Waals surface area contributed by atoms with Gasteiger partial charge in [0.2, 0.25) is 0 Å². The number of morpholine rings is 1. The molecule has 1 unspecified atom stereocenters. The summed E-state index contributed by atoms with van der Waals surface area (Å²) in [5, 5.41) is 5.93. The Kier molecular flexibility index (Phi) is 7.90. The lowest BCUT2D eigenvalue weighted by Gasteiger charge is -2.35. The number of rotatable bonds is 6. The molecule has 1 atom stereocenters. The van der Waals surface area contributed by atoms with Crippen LogP contribution >= 0.6 is 11.6 Å². The smallest absolute Gasteiger partial charge is 0.313 e. The van der Waals surface area contributed by atoms with E-state index in [-0.39, 0.29) is 6.04 Å². The van der Waals surface area contributed by atoms with Gasteiger partial charge in [0.25, 0.3) is 0 Å². The number of ether oxygens (including phenoxy) is 1. The van der Waals surface area contributed by atoms with Crippen molar-refractivity contribution in [2.24, 2.45) is 0 Å². The largest absolute Gasteiger partial charge is 0.379 e. The molecule has 1 aliphatic heterocycles. The average Bonchev–Trinajstić information content (AvgIpc) is 2.77. The Bertz CT molecular complexity index is 912. The van der Waals surface area contributed by atoms with Gasteiger partial charge in [-0.1, -0.05) is 29.8 Å². The van der Waals surface area contributed by atoms with Crippen molar-refractivity contribution in [2.75, 3.05) is 57.2 Å². The van der Waals surface area contributed by atoms with E-state index in [1.807, 2.05) is 25.9 Å². The summed E-state index contributed by atoms with van der Waals surface area (Å²) in [6.45, 7) is 5.00. The fourth-order valence-corrected chi connectivity index (χ4v) is 3.69. The van der Waals surface area contributed by atoms with E-state index < -0.39 is 11.8 Å². The summed E-state index contributed by atoms with van der Waals surface area (Å²) in [6.07, 6.45) is 0. The Morgan fingerprint density at radius 1 is 1.10 bits per heavy atom. The molecule has 2 aromatic carbocycles. The second-order valence-electron chi connectivity index (χ2n) is 7.77. The van der Waals surface area contributed by atoms with Crippen molar-refractivity contribution in [1.82, 2.24) is 10.2 Å². The van der Waals surface area contributed by atoms with E-state index in [0.29, 0.717) is 30.5 Å². The summed E-state index contributed by atoms with van der Waals surface area (Å²) in [5.74, 6) is -1.39. The first-order valence-electron chi connectivity index (χ1n) is 10.3. The van der Waals surface area contributed by atoms with Crippen LogP contribution in [0.5, 0.6) is 0 Å². The summed E-state index contributed by atoms with van der Waals surface area (Å²) >= 11 is 6.00. The second kappa shape index (κ2) is 10.6. The van der Waals surface area contributed by atoms with Crippen LogP contribution in [0.25, 0.3) is 0 Å². The topological polar surface area (TPSA) is 73.9 Å². The molecule has 3 rings (SSSR count). The molecule has 2 amide bonds. The molecule has 1 fully saturated rings. The molecule has 0 aromatic heterocycles. The lowest BCUT2D eigenvalue weighted by atomic mass is 10.0. The third kappa shape index (κ3) is 6.19. The van der Waals surface area contributed by atoms with Gasteiger partial charge in [-0.3, -0.25) is 14.5 Å². The van der Waals surface area contributed by atoms with Gasteiger partial charge in [-0.2, -0.15) is 0 Å². The molecule has 0 aliphatic carbocycles. The highest BCUT2D eigenvalue weighted by Crippen LogP contribution is 2.24. The Labute approximate surface area is 188 Å². The highest BCUT2D eigenvalue weighted by atomic mass is 35.5. The van der Waals surface area contributed by atoms with Gasteiger partial charge in [0.1, 0.15) is 0 Å². The van der Waals surface area contributed by atoms with Crippen LogP contribution in [0, 0.1) is 6.92 Å². The fraction of sp³-hybridized carbons (Fsp3) is 0.391. The molecule has 1 aliphatic rings. The third-order valence-electron chi connectivity index (χ3n) is 5.39. The standard InChI is InChI=1S/C23H29ClN4O3/c1-16-4-7-18(24)14-20(16)26-23(30)22(29)25-15-21(28-10-12-31-13-11-28)17-5-8-19(9-6-17)27(2)3/h4-9,14,21H,10-13,15H2,1-3H3,(H,25,29)(H,26,30). The molecule has 7 nitrogen and oxygen atoms in total. The number of amides is 2. The van der Waals surface area contributed by atoms with Gasteiger partial charge in [-0.05, 0) is 42.3 Å². The van der Waals surface area contributed by atoms with Crippen molar-refractivity contribution in [3.8, 4) is 0 Å². The number of aryl methyl sites for hydroxylation is 1. The van der Waals surface area contributed by atoms with E-state index in [0.717, 1.165) is 29.9 Å². The minimum absolute atomic E-state index is 0.0511. The minimum Gasteiger partial charge on any atom is -0.379 e. The van der Waals surface area contributed by atoms with Gasteiger partial charge in [-0.25, -0.2) is 0 Å². The van der Waals surface area contributed by atoms with E-state index in [2.05, 4.69) is 39.8 Å². The van der Waals surface area contributed by atoms with Gasteiger partial charge in [0, 0.05) is 50.1 Å². The quantitative estimate of drug-likeness (QED) is 0.670. The third-order valence-corrected chi connectivity index (χ3v) is 5.63. The predicted octanol–water partition coefficient (Wildman–Crippen LogP) is 2.84. The number of hydrogen-bond acceptors (Lipinski definition) is 5. The van der Waals surface area contributed by atoms with Gasteiger partial charge >= 0.3 is 11.8 Å². The van der Waals surface area contributed by atoms with Crippen LogP contribution in [-0.4, -0.2) is 63.7 Å². The molecular formula is C23H29ClN4O3. The van der Waals surface area contributed by atoms with E-state index in [1.54, 1.807) is 18.2 Å². The van der Waals surface area contributed by atoms with Crippen LogP contribution in [0.4, 0.5) is 11.4 Å². The maximum absolute atomic E-state index is 12.5. The maximum atomic E-state index is 12.5. The molecule has 31 heavy (non-hydrogen) atoms. The molecule has 0 spiro atoms. The molecule has 0 bridgehead atoms. The minimum atomic E-state index is -0.714. The molecular weight excluding hydrogens is 416 g/mol. The van der Waals surface area contributed by atoms with Crippen LogP contribution in [0.2, 0.25) is 5.02 Å². The Morgan fingerprint density at radius 3 is 2.42 bits per heavy atom. The Morgan fingerprint density at radius 2 is 1.77 bits per heavy atom. The van der Waals surface area contributed by atoms with Crippen LogP contribution in [0.3, 0.4) is 0 Å². The van der Waals surface area contributed by atoms with Crippen LogP contribution in [-0.2, 0) is 14.3 Å². The number of nitrogens with zero attached hydrogens (tertiary/aromatic N) is 2. The number of halogens is 1. The summed E-state index contributed by atoms with van der Waals surface area (Å²) in [4.78, 5) is 29.2. The molecule has 1 heterocycles. The number of benzene rings is 2. The summed E-state index contributed by atoms with van der Waals surface area (Å²) in [7, 11) is 3.99. The fourth-order valence-electron chi connectivity index (χ4n) is 3.52. The summed E-state index contributed by atoms with van der Waals surface area (Å²) in [6, 6.07) is 13.4. The molecule has 1 saturated heterocycles. The lowest BCUT2D eigenvalue weighted by molar-refractivity contribution is -0.136. The van der Waals surface area contributed by atoms with Gasteiger partial charge in [-0.15, -0.1) is 0 Å². The number of anilines is 2. The van der Waals surface area contributed by atoms with Crippen molar-refractivity contribution in [3.05, 3.63) is 58.6 Å². The van der Waals surface area contributed by atoms with E-state index in [4.69, 9.17) is 16.3 Å². The molecule has 2 aromatic rings. The molecule has 0 saturated carbocycles. The number of hydrogen-bond donors (Lipinski definition) is 2. The van der Waals surface area contributed by atoms with Crippen LogP contribution < -0.4 is 15.5 Å². The molecule has 166 valence electrons. The van der Waals surface area contributed by atoms with Gasteiger partial charge < -0.3 is 20.3 Å². The normalized spacial score (nSPS) is 15.2. The average molecular weight is 445 g/mol. The van der Waals surface area contributed by atoms with Crippen LogP contribution in [0.1, 0.15) is 17.2 Å². The summed E-state index contributed by atoms with van der Waals surface area (Å²) < 4.78 is 5.48. The summed E-state index contributed by atoms with van der Waals surface area (Å²) in [5.41, 5.74) is 3.54. The number of carbonyl (C=O) groups is 2. The van der Waals surface area contributed by atoms with Crippen molar-refractivity contribution < 1.29 is 14.3 Å². The highest BCUT2D eigenvalue weighted by molar-refractivity contribution is 6.40. The van der Waals surface area contributed by atoms with Crippen LogP contribution in [0.15, 0.2) is 42.5 Å². The van der Waals surface area contributed by atoms with E-state index >= 15 is 0 Å². The molecule has 8 heteroatoms. The highest BCUT2D eigenvalue weighted by Gasteiger charge is 2.25. The monoisotopic (exact) mass is 444 g/mol. The van der Waals surface area contributed by atoms with Crippen molar-refractivity contribution in [2.45, 2.75) is 13.0 Å². The zero-order valence-electron chi connectivity index (χ0n) is 18.2. The van der Waals surface area contributed by atoms with Crippen molar-refractivity contribution in [3.63, 3.8) is 0 Å². The Balaban J connectivity index is 1.68. The zero-order valence-corrected chi connectivity index (χ0v) is 18.9. The van der Waals surface area contributed by atoms with E-state index in [9.17, 15) is 9.59 Å². The molecule has 2 N–H and O–H groups in total. The number of carbonyl (C=O) groups excluding carboxylic acids is 2. The van der Waals surface area contributed by atoms with Gasteiger partial charge in [0.05, 0.1) is 19.3 Å². The first-order chi connectivity index (χ1) is 14.8. The van der Waals surface area contributed by atoms with Crippen molar-refractivity contribution in [1.29, 1.82) is 0 Å². The van der Waals surface area contributed by atoms with Gasteiger partial charge in [0.15, 0.2) is 0 Å². The second-order valence-corrected chi connectivity index (χ2v) is 8.21.